The number of nitrogens with zero attached hydrogens (tertiary/aromatic N) is 3. The van der Waals surface area contributed by atoms with Crippen LogP contribution in [0.15, 0.2) is 95.2 Å². The molecule has 0 spiro atoms. The van der Waals surface area contributed by atoms with Crippen molar-refractivity contribution in [2.75, 3.05) is 0 Å². The number of hydrogen-bond donors (Lipinski definition) is 0. The van der Waals surface area contributed by atoms with Crippen molar-refractivity contribution in [3.05, 3.63) is 102 Å². The quantitative estimate of drug-likeness (QED) is 0.286. The van der Waals surface area contributed by atoms with Gasteiger partial charge in [0, 0.05) is 11.8 Å². The van der Waals surface area contributed by atoms with E-state index in [1.807, 2.05) is 72.9 Å². The van der Waals surface area contributed by atoms with Crippen molar-refractivity contribution < 1.29 is 9.21 Å². The topological polar surface area (TPSA) is 71.8 Å². The molecule has 0 saturated carbocycles. The summed E-state index contributed by atoms with van der Waals surface area (Å²) >= 11 is 0. The van der Waals surface area contributed by atoms with Crippen LogP contribution >= 0.6 is 0 Å². The minimum absolute atomic E-state index is 0.0214. The van der Waals surface area contributed by atoms with Crippen LogP contribution in [-0.2, 0) is 0 Å². The van der Waals surface area contributed by atoms with E-state index in [4.69, 9.17) is 4.42 Å². The van der Waals surface area contributed by atoms with E-state index < -0.39 is 5.78 Å². The molecular weight excluding hydrogens is 350 g/mol. The summed E-state index contributed by atoms with van der Waals surface area (Å²) < 4.78 is 6.87. The lowest BCUT2D eigenvalue weighted by atomic mass is 10.1. The molecule has 2 aromatic heterocycles. The predicted octanol–water partition coefficient (Wildman–Crippen LogP) is 4.92. The Hall–Kier alpha value is -4.17. The third-order valence-corrected chi connectivity index (χ3v) is 4.24. The van der Waals surface area contributed by atoms with Gasteiger partial charge in [-0.2, -0.15) is 10.4 Å². The van der Waals surface area contributed by atoms with Crippen molar-refractivity contribution in [3.63, 3.8) is 0 Å². The van der Waals surface area contributed by atoms with Crippen molar-refractivity contribution in [2.24, 2.45) is 0 Å². The van der Waals surface area contributed by atoms with Crippen LogP contribution in [0.2, 0.25) is 0 Å². The van der Waals surface area contributed by atoms with E-state index in [9.17, 15) is 10.1 Å². The van der Waals surface area contributed by atoms with Crippen LogP contribution in [0, 0.1) is 11.3 Å². The van der Waals surface area contributed by atoms with Crippen molar-refractivity contribution >= 4 is 11.9 Å². The summed E-state index contributed by atoms with van der Waals surface area (Å²) in [6.45, 7) is 0. The number of benzene rings is 2. The number of furan rings is 1. The van der Waals surface area contributed by atoms with Crippen molar-refractivity contribution in [1.29, 1.82) is 5.26 Å². The lowest BCUT2D eigenvalue weighted by Crippen LogP contribution is -2.00. The molecule has 2 heterocycles. The fourth-order valence-electron chi connectivity index (χ4n) is 2.81. The zero-order chi connectivity index (χ0) is 19.3. The highest BCUT2D eigenvalue weighted by atomic mass is 16.3. The minimum Gasteiger partial charge on any atom is -0.461 e. The average Bonchev–Trinajstić information content (AvgIpc) is 3.45. The highest BCUT2D eigenvalue weighted by Crippen LogP contribution is 2.19. The number of ketones is 1. The third kappa shape index (κ3) is 3.53. The van der Waals surface area contributed by atoms with Gasteiger partial charge in [-0.1, -0.05) is 42.5 Å². The average molecular weight is 365 g/mol. The van der Waals surface area contributed by atoms with Gasteiger partial charge in [0.15, 0.2) is 5.76 Å². The second kappa shape index (κ2) is 7.60. The zero-order valence-electron chi connectivity index (χ0n) is 14.8. The number of rotatable bonds is 5. The van der Waals surface area contributed by atoms with Crippen molar-refractivity contribution in [3.8, 4) is 23.0 Å². The number of carbonyl (C=O) groups is 1. The molecule has 0 fully saturated rings. The molecule has 0 N–H and O–H groups in total. The van der Waals surface area contributed by atoms with Gasteiger partial charge >= 0.3 is 0 Å². The van der Waals surface area contributed by atoms with Crippen LogP contribution in [0.3, 0.4) is 0 Å². The van der Waals surface area contributed by atoms with Gasteiger partial charge in [0.25, 0.3) is 0 Å². The summed E-state index contributed by atoms with van der Waals surface area (Å²) in [6, 6.07) is 24.5. The molecule has 0 aliphatic carbocycles. The van der Waals surface area contributed by atoms with Gasteiger partial charge < -0.3 is 4.42 Å². The molecule has 0 aliphatic heterocycles. The van der Waals surface area contributed by atoms with Crippen LogP contribution in [0.25, 0.3) is 23.0 Å². The smallest absolute Gasteiger partial charge is 0.238 e. The Labute approximate surface area is 161 Å². The first kappa shape index (κ1) is 17.3. The third-order valence-electron chi connectivity index (χ3n) is 4.24. The molecule has 0 saturated heterocycles. The Morgan fingerprint density at radius 2 is 1.79 bits per heavy atom. The van der Waals surface area contributed by atoms with Crippen molar-refractivity contribution in [2.45, 2.75) is 0 Å². The number of Topliss-reactive ketones (excluding diaryl/α,β-unsaturated/α-hetero) is 1. The fourth-order valence-corrected chi connectivity index (χ4v) is 2.81. The molecule has 4 aromatic rings. The van der Waals surface area contributed by atoms with Gasteiger partial charge in [0.2, 0.25) is 5.78 Å². The summed E-state index contributed by atoms with van der Waals surface area (Å²) in [7, 11) is 0. The Kier molecular flexibility index (Phi) is 4.68. The SMILES string of the molecule is N#CC(=Cc1ccc(-n2ccc(-c3ccccc3)n2)cc1)C(=O)c1ccco1. The lowest BCUT2D eigenvalue weighted by Gasteiger charge is -2.03. The van der Waals surface area contributed by atoms with Gasteiger partial charge in [-0.25, -0.2) is 4.68 Å². The predicted molar refractivity (Wildman–Crippen MR) is 106 cm³/mol. The fraction of sp³-hybridized carbons (Fsp3) is 0. The number of allylic oxidation sites excluding steroid dienone is 1. The van der Waals surface area contributed by atoms with E-state index in [0.717, 1.165) is 22.5 Å². The molecule has 134 valence electrons. The minimum atomic E-state index is -0.434. The maximum Gasteiger partial charge on any atom is 0.238 e. The van der Waals surface area contributed by atoms with Crippen LogP contribution in [0.1, 0.15) is 16.1 Å². The summed E-state index contributed by atoms with van der Waals surface area (Å²) in [6.07, 6.45) is 4.85. The Bertz CT molecular complexity index is 1160. The first-order valence-corrected chi connectivity index (χ1v) is 8.66. The summed E-state index contributed by atoms with van der Waals surface area (Å²) in [5, 5.41) is 13.9. The number of hydrogen-bond acceptors (Lipinski definition) is 4. The molecule has 0 aliphatic rings. The number of nitriles is 1. The molecule has 0 amide bonds. The van der Waals surface area contributed by atoms with E-state index in [2.05, 4.69) is 5.10 Å². The molecule has 4 rings (SSSR count). The van der Waals surface area contributed by atoms with Gasteiger partial charge in [-0.15, -0.1) is 0 Å². The number of carbonyl (C=O) groups excluding carboxylic acids is 1. The lowest BCUT2D eigenvalue weighted by molar-refractivity contribution is 0.101. The van der Waals surface area contributed by atoms with E-state index in [1.165, 1.54) is 6.26 Å². The van der Waals surface area contributed by atoms with Crippen LogP contribution < -0.4 is 0 Å². The first-order valence-electron chi connectivity index (χ1n) is 8.66. The second-order valence-corrected chi connectivity index (χ2v) is 6.08. The first-order chi connectivity index (χ1) is 13.7. The Balaban J connectivity index is 1.57. The number of aromatic nitrogens is 2. The zero-order valence-corrected chi connectivity index (χ0v) is 14.8. The van der Waals surface area contributed by atoms with Crippen LogP contribution in [0.5, 0.6) is 0 Å². The molecule has 0 bridgehead atoms. The van der Waals surface area contributed by atoms with E-state index in [-0.39, 0.29) is 11.3 Å². The van der Waals surface area contributed by atoms with E-state index in [0.29, 0.717) is 0 Å². The van der Waals surface area contributed by atoms with Gasteiger partial charge in [-0.05, 0) is 42.0 Å². The standard InChI is InChI=1S/C23H15N3O2/c24-16-19(23(27)22-7-4-14-28-22)15-17-8-10-20(11-9-17)26-13-12-21(25-26)18-5-2-1-3-6-18/h1-15H. The monoisotopic (exact) mass is 365 g/mol. The van der Waals surface area contributed by atoms with Gasteiger partial charge in [0.05, 0.1) is 17.6 Å². The van der Waals surface area contributed by atoms with E-state index in [1.54, 1.807) is 22.9 Å². The molecule has 2 aromatic carbocycles. The van der Waals surface area contributed by atoms with Crippen LogP contribution in [-0.4, -0.2) is 15.6 Å². The molecule has 0 atom stereocenters. The summed E-state index contributed by atoms with van der Waals surface area (Å²) in [5.74, 6) is -0.287. The van der Waals surface area contributed by atoms with Crippen LogP contribution in [0.4, 0.5) is 0 Å². The van der Waals surface area contributed by atoms with Gasteiger partial charge in [-0.3, -0.25) is 4.79 Å². The summed E-state index contributed by atoms with van der Waals surface area (Å²) in [4.78, 5) is 12.3. The molecule has 28 heavy (non-hydrogen) atoms. The van der Waals surface area contributed by atoms with E-state index >= 15 is 0 Å². The largest absolute Gasteiger partial charge is 0.461 e. The molecule has 5 nitrogen and oxygen atoms in total. The molecule has 0 unspecified atom stereocenters. The maximum atomic E-state index is 12.3. The van der Waals surface area contributed by atoms with Gasteiger partial charge in [0.1, 0.15) is 11.6 Å². The molecule has 0 radical (unpaired) electrons. The normalized spacial score (nSPS) is 11.2. The molecule has 5 heteroatoms. The highest BCUT2D eigenvalue weighted by molar-refractivity contribution is 6.12. The maximum absolute atomic E-state index is 12.3. The molecular formula is C23H15N3O2. The van der Waals surface area contributed by atoms with Crippen molar-refractivity contribution in [1.82, 2.24) is 9.78 Å². The highest BCUT2D eigenvalue weighted by Gasteiger charge is 2.14. The summed E-state index contributed by atoms with van der Waals surface area (Å²) in [5.41, 5.74) is 3.59. The second-order valence-electron chi connectivity index (χ2n) is 6.08. The Morgan fingerprint density at radius 1 is 1.00 bits per heavy atom. The Morgan fingerprint density at radius 3 is 2.46 bits per heavy atom.